The van der Waals surface area contributed by atoms with Crippen LogP contribution in [-0.4, -0.2) is 29.9 Å². The molecule has 0 atom stereocenters. The molecule has 0 bridgehead atoms. The van der Waals surface area contributed by atoms with Gasteiger partial charge < -0.3 is 10.0 Å². The molecule has 152 valence electrons. The molecule has 29 heavy (non-hydrogen) atoms. The lowest BCUT2D eigenvalue weighted by Crippen LogP contribution is -2.38. The molecule has 0 radical (unpaired) electrons. The quantitative estimate of drug-likeness (QED) is 0.388. The Balaban J connectivity index is 1.84. The van der Waals surface area contributed by atoms with Gasteiger partial charge >= 0.3 is 5.97 Å². The summed E-state index contributed by atoms with van der Waals surface area (Å²) >= 11 is 16.0. The number of thioether (sulfide) groups is 1. The topological polar surface area (TPSA) is 98.8 Å². The lowest BCUT2D eigenvalue weighted by atomic mass is 10.3. The molecule has 3 heterocycles. The van der Waals surface area contributed by atoms with Gasteiger partial charge in [0.2, 0.25) is 6.54 Å². The number of thiazole rings is 1. The fourth-order valence-electron chi connectivity index (χ4n) is 2.84. The van der Waals surface area contributed by atoms with Crippen LogP contribution in [0.15, 0.2) is 34.2 Å². The molecule has 13 heteroatoms. The molecule has 0 saturated carbocycles. The third-order valence-electron chi connectivity index (χ3n) is 3.90. The van der Waals surface area contributed by atoms with Crippen molar-refractivity contribution in [3.8, 4) is 0 Å². The van der Waals surface area contributed by atoms with Crippen LogP contribution in [0.3, 0.4) is 0 Å². The van der Waals surface area contributed by atoms with E-state index in [9.17, 15) is 22.9 Å². The molecular weight excluding hydrogens is 499 g/mol. The molecule has 2 N–H and O–H groups in total. The van der Waals surface area contributed by atoms with Crippen LogP contribution < -0.4 is 9.47 Å². The zero-order valence-corrected chi connectivity index (χ0v) is 19.0. The molecule has 2 aromatic heterocycles. The highest BCUT2D eigenvalue weighted by Gasteiger charge is 2.31. The monoisotopic (exact) mass is 509 g/mol. The lowest BCUT2D eigenvalue weighted by Gasteiger charge is -2.18. The minimum Gasteiger partial charge on any atom is -0.477 e. The maximum atomic E-state index is 11.6. The zero-order chi connectivity index (χ0) is 20.9. The fraction of sp³-hybridized carbons (Fsp3) is 0.125. The van der Waals surface area contributed by atoms with Crippen LogP contribution in [0.1, 0.15) is 5.01 Å². The van der Waals surface area contributed by atoms with E-state index in [2.05, 4.69) is 0 Å². The molecule has 0 fully saturated rings. The first-order valence-corrected chi connectivity index (χ1v) is 12.7. The number of fused-ring (bicyclic) bond motifs is 2. The predicted molar refractivity (Wildman–Crippen MR) is 117 cm³/mol. The van der Waals surface area contributed by atoms with Gasteiger partial charge in [0.25, 0.3) is 20.0 Å². The summed E-state index contributed by atoms with van der Waals surface area (Å²) in [5, 5.41) is 10.9. The summed E-state index contributed by atoms with van der Waals surface area (Å²) in [6, 6.07) is 6.83. The molecule has 1 aromatic carbocycles. The number of aromatic nitrogens is 1. The van der Waals surface area contributed by atoms with Crippen molar-refractivity contribution in [3.63, 3.8) is 0 Å². The van der Waals surface area contributed by atoms with Crippen molar-refractivity contribution in [1.82, 2.24) is 0 Å². The van der Waals surface area contributed by atoms with Crippen molar-refractivity contribution in [2.75, 3.05) is 10.8 Å². The number of anilines is 1. The number of thiophene rings is 1. The van der Waals surface area contributed by atoms with Gasteiger partial charge in [-0.15, -0.1) is 0 Å². The van der Waals surface area contributed by atoms with Crippen LogP contribution in [0.2, 0.25) is 9.36 Å². The largest absolute Gasteiger partial charge is 0.477 e. The molecule has 7 nitrogen and oxygen atoms in total. The van der Waals surface area contributed by atoms with Gasteiger partial charge in [0.05, 0.1) is 16.8 Å². The average Bonchev–Trinajstić information content (AvgIpc) is 3.20. The molecule has 1 aliphatic heterocycles. The normalized spacial score (nSPS) is 15.4. The van der Waals surface area contributed by atoms with Crippen molar-refractivity contribution in [2.45, 2.75) is 11.4 Å². The van der Waals surface area contributed by atoms with Gasteiger partial charge in [0, 0.05) is 9.92 Å². The van der Waals surface area contributed by atoms with Crippen LogP contribution in [0.4, 0.5) is 5.69 Å². The number of halogens is 2. The first-order valence-electron chi connectivity index (χ1n) is 7.86. The summed E-state index contributed by atoms with van der Waals surface area (Å²) < 4.78 is 35.6. The molecule has 0 amide bonds. The van der Waals surface area contributed by atoms with Gasteiger partial charge in [0.15, 0.2) is 5.88 Å². The molecule has 0 spiro atoms. The number of rotatable bonds is 5. The number of hydrogen-bond donors (Lipinski definition) is 2. The molecule has 3 aromatic rings. The van der Waals surface area contributed by atoms with Gasteiger partial charge in [-0.3, -0.25) is 4.55 Å². The van der Waals surface area contributed by atoms with Crippen molar-refractivity contribution in [3.05, 3.63) is 43.7 Å². The second-order valence-corrected chi connectivity index (χ2v) is 11.6. The van der Waals surface area contributed by atoms with Crippen molar-refractivity contribution in [1.29, 1.82) is 0 Å². The highest BCUT2D eigenvalue weighted by molar-refractivity contribution is 8.04. The summed E-state index contributed by atoms with van der Waals surface area (Å²) in [6.45, 7) is -0.266. The minimum atomic E-state index is -4.32. The van der Waals surface area contributed by atoms with E-state index >= 15 is 0 Å². The highest BCUT2D eigenvalue weighted by atomic mass is 35.5. The first kappa shape index (κ1) is 20.9. The third kappa shape index (κ3) is 4.41. The summed E-state index contributed by atoms with van der Waals surface area (Å²) in [4.78, 5) is 14.3. The van der Waals surface area contributed by atoms with Gasteiger partial charge in [-0.25, -0.2) is 4.79 Å². The maximum absolute atomic E-state index is 11.6. The number of hydrogen-bond acceptors (Lipinski definition) is 7. The number of carbonyl (C=O) groups is 1. The summed E-state index contributed by atoms with van der Waals surface area (Å²) in [5.74, 6) is -1.66. The number of nitrogens with zero attached hydrogens (tertiary/aromatic N) is 2. The Morgan fingerprint density at radius 2 is 2.00 bits per heavy atom. The third-order valence-corrected chi connectivity index (χ3v) is 8.33. The number of benzene rings is 1. The van der Waals surface area contributed by atoms with Gasteiger partial charge in [-0.1, -0.05) is 57.6 Å². The molecule has 4 rings (SSSR count). The summed E-state index contributed by atoms with van der Waals surface area (Å²) in [5.41, 5.74) is 0.553. The van der Waals surface area contributed by atoms with E-state index in [1.807, 2.05) is 0 Å². The fourth-order valence-corrected chi connectivity index (χ4v) is 7.45. The van der Waals surface area contributed by atoms with Crippen LogP contribution in [0.25, 0.3) is 15.6 Å². The summed E-state index contributed by atoms with van der Waals surface area (Å²) in [7, 11) is -4.32. The Labute approximate surface area is 187 Å². The SMILES string of the molecule is O=C(O)C[n+]1c(/C=C2\Sc3ccc(Cl)cc3N2CS(=O)(=O)O)sc2cc(Cl)sc21. The standard InChI is InChI=1S/C16H10Cl2N2O5S4/c17-8-1-2-10-9(3-8)20(7-29(23,24)25)14(26-10)5-13-19(6-15(21)22)16-11(27-13)4-12(18)28-16/h1-5H,6-7H2,(H-,21,22,23,24,25)/p+1. The molecule has 0 unspecified atom stereocenters. The molecule has 0 aliphatic carbocycles. The second kappa shape index (κ2) is 7.73. The first-order chi connectivity index (χ1) is 13.6. The van der Waals surface area contributed by atoms with Crippen LogP contribution in [0.5, 0.6) is 0 Å². The van der Waals surface area contributed by atoms with Gasteiger partial charge in [-0.2, -0.15) is 13.0 Å². The second-order valence-electron chi connectivity index (χ2n) is 5.98. The zero-order valence-electron chi connectivity index (χ0n) is 14.2. The molecular formula is C16H11Cl2N2O5S4+. The van der Waals surface area contributed by atoms with Crippen molar-refractivity contribution >= 4 is 95.0 Å². The Hall–Kier alpha value is -1.34. The Kier molecular flexibility index (Phi) is 5.57. The van der Waals surface area contributed by atoms with E-state index < -0.39 is 22.0 Å². The Bertz CT molecular complexity index is 1280. The van der Waals surface area contributed by atoms with Crippen LogP contribution >= 0.6 is 57.6 Å². The van der Waals surface area contributed by atoms with Crippen LogP contribution in [0, 0.1) is 0 Å². The van der Waals surface area contributed by atoms with Crippen LogP contribution in [-0.2, 0) is 21.5 Å². The van der Waals surface area contributed by atoms with E-state index in [0.717, 1.165) is 14.4 Å². The van der Waals surface area contributed by atoms with E-state index in [4.69, 9.17) is 23.2 Å². The smallest absolute Gasteiger partial charge is 0.370 e. The van der Waals surface area contributed by atoms with Gasteiger partial charge in [-0.05, 0) is 24.3 Å². The molecule has 0 saturated heterocycles. The number of aliphatic carboxylic acids is 1. The average molecular weight is 510 g/mol. The lowest BCUT2D eigenvalue weighted by molar-refractivity contribution is -0.655. The predicted octanol–water partition coefficient (Wildman–Crippen LogP) is 4.40. The van der Waals surface area contributed by atoms with Crippen molar-refractivity contribution in [2.24, 2.45) is 0 Å². The van der Waals surface area contributed by atoms with E-state index in [1.54, 1.807) is 34.9 Å². The van der Waals surface area contributed by atoms with E-state index in [-0.39, 0.29) is 6.54 Å². The Morgan fingerprint density at radius 1 is 1.24 bits per heavy atom. The highest BCUT2D eigenvalue weighted by Crippen LogP contribution is 2.48. The number of carboxylic acids is 1. The maximum Gasteiger partial charge on any atom is 0.370 e. The number of carboxylic acid groups (broad SMARTS) is 1. The van der Waals surface area contributed by atoms with E-state index in [1.165, 1.54) is 39.3 Å². The summed E-state index contributed by atoms with van der Waals surface area (Å²) in [6.07, 6.45) is 1.71. The Morgan fingerprint density at radius 3 is 2.69 bits per heavy atom. The van der Waals surface area contributed by atoms with Crippen molar-refractivity contribution < 1.29 is 27.4 Å². The van der Waals surface area contributed by atoms with Gasteiger partial charge in [0.1, 0.15) is 9.04 Å². The minimum absolute atomic E-state index is 0.266. The van der Waals surface area contributed by atoms with E-state index in [0.29, 0.717) is 25.1 Å². The molecule has 1 aliphatic rings.